The molecule has 3 nitrogen and oxygen atoms in total. The van der Waals surface area contributed by atoms with Gasteiger partial charge in [0.15, 0.2) is 5.78 Å². The van der Waals surface area contributed by atoms with Gasteiger partial charge in [-0.15, -0.1) is 0 Å². The first-order chi connectivity index (χ1) is 10.2. The van der Waals surface area contributed by atoms with Gasteiger partial charge in [-0.05, 0) is 36.8 Å². The van der Waals surface area contributed by atoms with Crippen LogP contribution in [0.15, 0.2) is 42.5 Å². The highest BCUT2D eigenvalue weighted by Crippen LogP contribution is 2.35. The van der Waals surface area contributed by atoms with E-state index in [0.29, 0.717) is 17.9 Å². The first-order valence-corrected chi connectivity index (χ1v) is 6.89. The number of hydrogen-bond acceptors (Lipinski definition) is 3. The van der Waals surface area contributed by atoms with Crippen LogP contribution in [0.5, 0.6) is 11.5 Å². The van der Waals surface area contributed by atoms with E-state index in [1.807, 2.05) is 31.2 Å². The van der Waals surface area contributed by atoms with Gasteiger partial charge >= 0.3 is 0 Å². The summed E-state index contributed by atoms with van der Waals surface area (Å²) in [5.74, 6) is 0.643. The predicted octanol–water partition coefficient (Wildman–Crippen LogP) is 3.93. The molecule has 4 heteroatoms. The molecule has 0 saturated carbocycles. The van der Waals surface area contributed by atoms with Crippen LogP contribution >= 0.6 is 0 Å². The van der Waals surface area contributed by atoms with Gasteiger partial charge in [0.2, 0.25) is 0 Å². The second kappa shape index (κ2) is 5.56. The summed E-state index contributed by atoms with van der Waals surface area (Å²) < 4.78 is 24.4. The van der Waals surface area contributed by atoms with Crippen molar-refractivity contribution in [2.75, 3.05) is 6.61 Å². The van der Waals surface area contributed by atoms with Gasteiger partial charge in [0.1, 0.15) is 23.4 Å². The van der Waals surface area contributed by atoms with Gasteiger partial charge in [0.05, 0.1) is 18.6 Å². The number of Topliss-reactive ketones (excluding diaryl/α,β-unsaturated/α-hetero) is 1. The van der Waals surface area contributed by atoms with Crippen LogP contribution in [0.1, 0.15) is 35.4 Å². The quantitative estimate of drug-likeness (QED) is 0.857. The zero-order chi connectivity index (χ0) is 14.8. The average molecular weight is 286 g/mol. The normalized spacial score (nSPS) is 17.0. The number of rotatable bonds is 3. The maximum absolute atomic E-state index is 13.3. The van der Waals surface area contributed by atoms with E-state index >= 15 is 0 Å². The summed E-state index contributed by atoms with van der Waals surface area (Å²) in [6, 6.07) is 11.4. The average Bonchev–Trinajstić information content (AvgIpc) is 2.48. The molecule has 1 heterocycles. The molecule has 2 aromatic carbocycles. The van der Waals surface area contributed by atoms with Crippen molar-refractivity contribution in [2.24, 2.45) is 0 Å². The number of hydrogen-bond donors (Lipinski definition) is 0. The van der Waals surface area contributed by atoms with Crippen LogP contribution in [0, 0.1) is 5.82 Å². The fourth-order valence-corrected chi connectivity index (χ4v) is 2.43. The zero-order valence-corrected chi connectivity index (χ0v) is 11.6. The number of fused-ring (bicyclic) bond motifs is 1. The number of halogens is 1. The van der Waals surface area contributed by atoms with Crippen molar-refractivity contribution >= 4 is 5.78 Å². The fraction of sp³-hybridized carbons (Fsp3) is 0.235. The minimum absolute atomic E-state index is 0.0323. The van der Waals surface area contributed by atoms with E-state index in [-0.39, 0.29) is 18.3 Å². The Labute approximate surface area is 122 Å². The van der Waals surface area contributed by atoms with Crippen LogP contribution < -0.4 is 9.47 Å². The van der Waals surface area contributed by atoms with Crippen LogP contribution in [-0.2, 0) is 0 Å². The van der Waals surface area contributed by atoms with E-state index in [9.17, 15) is 9.18 Å². The molecule has 1 unspecified atom stereocenters. The molecule has 0 N–H and O–H groups in total. The molecule has 1 aliphatic heterocycles. The van der Waals surface area contributed by atoms with Gasteiger partial charge in [-0.25, -0.2) is 4.39 Å². The predicted molar refractivity (Wildman–Crippen MR) is 76.3 cm³/mol. The van der Waals surface area contributed by atoms with Crippen molar-refractivity contribution in [3.05, 3.63) is 59.4 Å². The highest BCUT2D eigenvalue weighted by Gasteiger charge is 2.27. The van der Waals surface area contributed by atoms with Gasteiger partial charge in [0, 0.05) is 6.07 Å². The number of ketones is 1. The summed E-state index contributed by atoms with van der Waals surface area (Å²) in [6.07, 6.45) is -0.130. The lowest BCUT2D eigenvalue weighted by Gasteiger charge is -2.25. The summed E-state index contributed by atoms with van der Waals surface area (Å²) >= 11 is 0. The summed E-state index contributed by atoms with van der Waals surface area (Å²) in [4.78, 5) is 12.1. The molecule has 0 aromatic heterocycles. The highest BCUT2D eigenvalue weighted by molar-refractivity contribution is 6.00. The Morgan fingerprint density at radius 2 is 2.00 bits per heavy atom. The zero-order valence-electron chi connectivity index (χ0n) is 11.6. The number of carbonyl (C=O) groups is 1. The van der Waals surface area contributed by atoms with E-state index in [4.69, 9.17) is 9.47 Å². The van der Waals surface area contributed by atoms with Crippen LogP contribution in [0.4, 0.5) is 4.39 Å². The summed E-state index contributed by atoms with van der Waals surface area (Å²) in [5.41, 5.74) is 1.32. The molecule has 0 amide bonds. The lowest BCUT2D eigenvalue weighted by atomic mass is 9.96. The molecule has 0 fully saturated rings. The van der Waals surface area contributed by atoms with Crippen molar-refractivity contribution in [3.63, 3.8) is 0 Å². The Balaban J connectivity index is 1.86. The van der Waals surface area contributed by atoms with Gasteiger partial charge < -0.3 is 9.47 Å². The fourth-order valence-electron chi connectivity index (χ4n) is 2.43. The molecule has 1 atom stereocenters. The largest absolute Gasteiger partial charge is 0.494 e. The number of carbonyl (C=O) groups excluding carboxylic acids is 1. The molecule has 108 valence electrons. The molecule has 0 bridgehead atoms. The third-order valence-corrected chi connectivity index (χ3v) is 3.45. The first-order valence-electron chi connectivity index (χ1n) is 6.89. The van der Waals surface area contributed by atoms with Gasteiger partial charge in [-0.2, -0.15) is 0 Å². The number of benzene rings is 2. The highest BCUT2D eigenvalue weighted by atomic mass is 19.1. The lowest BCUT2D eigenvalue weighted by molar-refractivity contribution is 0.0849. The monoisotopic (exact) mass is 286 g/mol. The molecular weight excluding hydrogens is 271 g/mol. The minimum Gasteiger partial charge on any atom is -0.494 e. The van der Waals surface area contributed by atoms with E-state index in [1.54, 1.807) is 0 Å². The SMILES string of the molecule is CCOc1ccc(C2CC(=O)c3ccc(F)cc3O2)cc1. The Morgan fingerprint density at radius 1 is 1.24 bits per heavy atom. The molecule has 0 aliphatic carbocycles. The Morgan fingerprint density at radius 3 is 2.71 bits per heavy atom. The van der Waals surface area contributed by atoms with Gasteiger partial charge in [-0.1, -0.05) is 12.1 Å². The Hall–Kier alpha value is -2.36. The van der Waals surface area contributed by atoms with Crippen molar-refractivity contribution < 1.29 is 18.7 Å². The van der Waals surface area contributed by atoms with Crippen LogP contribution in [-0.4, -0.2) is 12.4 Å². The van der Waals surface area contributed by atoms with Gasteiger partial charge in [-0.3, -0.25) is 4.79 Å². The standard InChI is InChI=1S/C17H15FO3/c1-2-20-13-6-3-11(4-7-13)16-10-15(19)14-8-5-12(18)9-17(14)21-16/h3-9,16H,2,10H2,1H3. The summed E-state index contributed by atoms with van der Waals surface area (Å²) in [7, 11) is 0. The van der Waals surface area contributed by atoms with Gasteiger partial charge in [0.25, 0.3) is 0 Å². The van der Waals surface area contributed by atoms with E-state index in [1.165, 1.54) is 18.2 Å². The smallest absolute Gasteiger partial charge is 0.170 e. The molecule has 2 aromatic rings. The molecule has 0 saturated heterocycles. The molecule has 1 aliphatic rings. The Bertz CT molecular complexity index is 664. The number of ether oxygens (including phenoxy) is 2. The third kappa shape index (κ3) is 2.75. The summed E-state index contributed by atoms with van der Waals surface area (Å²) in [5, 5.41) is 0. The third-order valence-electron chi connectivity index (χ3n) is 3.45. The maximum atomic E-state index is 13.3. The van der Waals surface area contributed by atoms with E-state index in [0.717, 1.165) is 11.3 Å². The lowest BCUT2D eigenvalue weighted by Crippen LogP contribution is -2.20. The molecule has 0 radical (unpaired) electrons. The molecular formula is C17H15FO3. The van der Waals surface area contributed by atoms with Crippen molar-refractivity contribution in [3.8, 4) is 11.5 Å². The van der Waals surface area contributed by atoms with Crippen molar-refractivity contribution in [1.29, 1.82) is 0 Å². The summed E-state index contributed by atoms with van der Waals surface area (Å²) in [6.45, 7) is 2.52. The van der Waals surface area contributed by atoms with Crippen molar-refractivity contribution in [2.45, 2.75) is 19.4 Å². The second-order valence-electron chi connectivity index (χ2n) is 4.88. The van der Waals surface area contributed by atoms with Crippen LogP contribution in [0.3, 0.4) is 0 Å². The molecule has 0 spiro atoms. The van der Waals surface area contributed by atoms with Crippen LogP contribution in [0.2, 0.25) is 0 Å². The topological polar surface area (TPSA) is 35.5 Å². The van der Waals surface area contributed by atoms with E-state index < -0.39 is 5.82 Å². The van der Waals surface area contributed by atoms with E-state index in [2.05, 4.69) is 0 Å². The van der Waals surface area contributed by atoms with Crippen LogP contribution in [0.25, 0.3) is 0 Å². The minimum atomic E-state index is -0.408. The molecule has 21 heavy (non-hydrogen) atoms. The Kier molecular flexibility index (Phi) is 3.60. The second-order valence-corrected chi connectivity index (χ2v) is 4.88. The molecule has 3 rings (SSSR count). The first kappa shape index (κ1) is 13.6. The van der Waals surface area contributed by atoms with Crippen molar-refractivity contribution in [1.82, 2.24) is 0 Å². The maximum Gasteiger partial charge on any atom is 0.170 e.